The minimum Gasteiger partial charge on any atom is -0.390 e. The molecule has 4 N–H and O–H groups in total. The number of pyridine rings is 1. The highest BCUT2D eigenvalue weighted by molar-refractivity contribution is 5.96. The first-order valence-corrected chi connectivity index (χ1v) is 4.19. The van der Waals surface area contributed by atoms with Gasteiger partial charge in [-0.2, -0.15) is 0 Å². The molecule has 1 aromatic carbocycles. The quantitative estimate of drug-likeness (QED) is 0.537. The van der Waals surface area contributed by atoms with Crippen LogP contribution in [0.4, 0.5) is 17.2 Å². The van der Waals surface area contributed by atoms with Crippen LogP contribution in [0.1, 0.15) is 0 Å². The van der Waals surface area contributed by atoms with E-state index >= 15 is 0 Å². The van der Waals surface area contributed by atoms with Gasteiger partial charge in [0.25, 0.3) is 0 Å². The molecular formula is C9H8N4O2. The third-order valence-electron chi connectivity index (χ3n) is 2.11. The first-order valence-electron chi connectivity index (χ1n) is 4.19. The summed E-state index contributed by atoms with van der Waals surface area (Å²) >= 11 is 0. The minimum absolute atomic E-state index is 0.0135. The number of benzene rings is 1. The molecule has 6 heteroatoms. The molecule has 0 bridgehead atoms. The van der Waals surface area contributed by atoms with Crippen molar-refractivity contribution in [2.45, 2.75) is 0 Å². The van der Waals surface area contributed by atoms with Crippen LogP contribution < -0.4 is 11.5 Å². The Bertz CT molecular complexity index is 553. The number of nitro groups is 1. The Labute approximate surface area is 84.7 Å². The summed E-state index contributed by atoms with van der Waals surface area (Å²) in [6.45, 7) is 0. The molecule has 0 aliphatic carbocycles. The van der Waals surface area contributed by atoms with Gasteiger partial charge in [-0.25, -0.2) is 4.98 Å². The van der Waals surface area contributed by atoms with Crippen molar-refractivity contribution in [2.75, 3.05) is 11.5 Å². The van der Waals surface area contributed by atoms with Gasteiger partial charge in [0, 0.05) is 0 Å². The molecule has 6 nitrogen and oxygen atoms in total. The van der Waals surface area contributed by atoms with Crippen LogP contribution in [0.15, 0.2) is 24.3 Å². The fourth-order valence-electron chi connectivity index (χ4n) is 1.42. The van der Waals surface area contributed by atoms with Gasteiger partial charge in [0.15, 0.2) is 11.5 Å². The van der Waals surface area contributed by atoms with Gasteiger partial charge < -0.3 is 11.5 Å². The Kier molecular flexibility index (Phi) is 1.89. The molecule has 0 radical (unpaired) electrons. The number of aromatic nitrogens is 1. The number of nitrogen functional groups attached to an aromatic ring is 2. The molecule has 0 aliphatic heterocycles. The summed E-state index contributed by atoms with van der Waals surface area (Å²) < 4.78 is 0. The molecule has 0 amide bonds. The Morgan fingerprint density at radius 3 is 2.60 bits per heavy atom. The second kappa shape index (κ2) is 3.09. The average Bonchev–Trinajstić information content (AvgIpc) is 2.19. The molecular weight excluding hydrogens is 196 g/mol. The van der Waals surface area contributed by atoms with Crippen LogP contribution in [-0.2, 0) is 0 Å². The van der Waals surface area contributed by atoms with E-state index in [0.29, 0.717) is 10.9 Å². The summed E-state index contributed by atoms with van der Waals surface area (Å²) in [5.74, 6) is -0.0135. The zero-order valence-electron chi connectivity index (χ0n) is 7.68. The lowest BCUT2D eigenvalue weighted by Gasteiger charge is -2.04. The molecule has 1 aromatic heterocycles. The minimum atomic E-state index is -0.546. The molecule has 76 valence electrons. The smallest absolute Gasteiger partial charge is 0.305 e. The molecule has 0 spiro atoms. The van der Waals surface area contributed by atoms with E-state index in [-0.39, 0.29) is 17.2 Å². The van der Waals surface area contributed by atoms with Crippen molar-refractivity contribution in [2.24, 2.45) is 0 Å². The topological polar surface area (TPSA) is 108 Å². The number of nitrogens with zero attached hydrogens (tertiary/aromatic N) is 2. The third-order valence-corrected chi connectivity index (χ3v) is 2.11. The third kappa shape index (κ3) is 1.32. The average molecular weight is 204 g/mol. The summed E-state index contributed by atoms with van der Waals surface area (Å²) in [5, 5.41) is 11.2. The fourth-order valence-corrected chi connectivity index (χ4v) is 1.42. The first-order chi connectivity index (χ1) is 7.11. The van der Waals surface area contributed by atoms with Crippen molar-refractivity contribution in [3.05, 3.63) is 34.4 Å². The van der Waals surface area contributed by atoms with Gasteiger partial charge in [0.1, 0.15) is 0 Å². The van der Waals surface area contributed by atoms with Gasteiger partial charge in [-0.15, -0.1) is 0 Å². The zero-order valence-corrected chi connectivity index (χ0v) is 7.68. The van der Waals surface area contributed by atoms with Crippen molar-refractivity contribution in [1.82, 2.24) is 4.98 Å². The molecule has 0 unspecified atom stereocenters. The Morgan fingerprint density at radius 1 is 1.27 bits per heavy atom. The molecule has 15 heavy (non-hydrogen) atoms. The molecule has 1 heterocycles. The molecule has 0 atom stereocenters. The second-order valence-electron chi connectivity index (χ2n) is 3.03. The Hall–Kier alpha value is -2.37. The molecule has 2 aromatic rings. The van der Waals surface area contributed by atoms with Crippen LogP contribution in [0.2, 0.25) is 0 Å². The highest BCUT2D eigenvalue weighted by atomic mass is 16.6. The lowest BCUT2D eigenvalue weighted by molar-refractivity contribution is -0.382. The summed E-state index contributed by atoms with van der Waals surface area (Å²) in [6, 6.07) is 6.66. The highest BCUT2D eigenvalue weighted by Gasteiger charge is 2.19. The summed E-state index contributed by atoms with van der Waals surface area (Å²) in [7, 11) is 0. The van der Waals surface area contributed by atoms with E-state index < -0.39 is 4.92 Å². The lowest BCUT2D eigenvalue weighted by atomic mass is 10.1. The molecule has 0 saturated carbocycles. The van der Waals surface area contributed by atoms with Crippen molar-refractivity contribution in [3.8, 4) is 0 Å². The largest absolute Gasteiger partial charge is 0.390 e. The maximum Gasteiger partial charge on any atom is 0.305 e. The van der Waals surface area contributed by atoms with Crippen molar-refractivity contribution in [3.63, 3.8) is 0 Å². The van der Waals surface area contributed by atoms with E-state index in [9.17, 15) is 10.1 Å². The number of hydrogen-bond donors (Lipinski definition) is 2. The number of fused-ring (bicyclic) bond motifs is 1. The number of nitrogens with two attached hydrogens (primary N) is 2. The number of para-hydroxylation sites is 1. The van der Waals surface area contributed by atoms with E-state index in [4.69, 9.17) is 11.5 Å². The zero-order chi connectivity index (χ0) is 11.0. The fraction of sp³-hybridized carbons (Fsp3) is 0. The van der Waals surface area contributed by atoms with Gasteiger partial charge in [-0.3, -0.25) is 10.1 Å². The van der Waals surface area contributed by atoms with E-state index in [2.05, 4.69) is 4.98 Å². The summed E-state index contributed by atoms with van der Waals surface area (Å²) in [4.78, 5) is 14.3. The van der Waals surface area contributed by atoms with E-state index in [1.807, 2.05) is 0 Å². The molecule has 0 saturated heterocycles. The van der Waals surface area contributed by atoms with E-state index in [1.54, 1.807) is 24.3 Å². The lowest BCUT2D eigenvalue weighted by Crippen LogP contribution is -2.03. The summed E-state index contributed by atoms with van der Waals surface area (Å²) in [5.41, 5.74) is 11.2. The van der Waals surface area contributed by atoms with Crippen molar-refractivity contribution in [1.29, 1.82) is 0 Å². The second-order valence-corrected chi connectivity index (χ2v) is 3.03. The van der Waals surface area contributed by atoms with Crippen molar-refractivity contribution >= 4 is 28.1 Å². The van der Waals surface area contributed by atoms with E-state index in [0.717, 1.165) is 0 Å². The van der Waals surface area contributed by atoms with Crippen LogP contribution >= 0.6 is 0 Å². The van der Waals surface area contributed by atoms with Crippen molar-refractivity contribution < 1.29 is 4.92 Å². The normalized spacial score (nSPS) is 10.4. The first kappa shape index (κ1) is 9.20. The van der Waals surface area contributed by atoms with Crippen LogP contribution in [0.25, 0.3) is 10.9 Å². The SMILES string of the molecule is Nc1nc2ccccc2c([N+](=O)[O-])c1N. The number of anilines is 2. The molecule has 0 aliphatic rings. The Balaban J connectivity index is 2.95. The maximum absolute atomic E-state index is 10.8. The van der Waals surface area contributed by atoms with Crippen LogP contribution in [-0.4, -0.2) is 9.91 Å². The van der Waals surface area contributed by atoms with Crippen LogP contribution in [0.5, 0.6) is 0 Å². The van der Waals surface area contributed by atoms with Crippen LogP contribution in [0.3, 0.4) is 0 Å². The molecule has 0 fully saturated rings. The highest BCUT2D eigenvalue weighted by Crippen LogP contribution is 2.33. The standard InChI is InChI=1S/C9H8N4O2/c10-7-8(13(14)15)5-3-1-2-4-6(5)12-9(7)11/h1-4H,10H2,(H2,11,12). The summed E-state index contributed by atoms with van der Waals surface area (Å²) in [6.07, 6.45) is 0. The predicted octanol–water partition coefficient (Wildman–Crippen LogP) is 1.31. The maximum atomic E-state index is 10.8. The van der Waals surface area contributed by atoms with Gasteiger partial charge in [-0.05, 0) is 12.1 Å². The van der Waals surface area contributed by atoms with Gasteiger partial charge in [0.05, 0.1) is 15.8 Å². The monoisotopic (exact) mass is 204 g/mol. The van der Waals surface area contributed by atoms with Gasteiger partial charge in [0.2, 0.25) is 0 Å². The number of rotatable bonds is 1. The van der Waals surface area contributed by atoms with E-state index in [1.165, 1.54) is 0 Å². The van der Waals surface area contributed by atoms with Crippen LogP contribution in [0, 0.1) is 10.1 Å². The predicted molar refractivity (Wildman–Crippen MR) is 57.2 cm³/mol. The van der Waals surface area contributed by atoms with Gasteiger partial charge in [-0.1, -0.05) is 12.1 Å². The molecule has 2 rings (SSSR count). The number of hydrogen-bond acceptors (Lipinski definition) is 5. The Morgan fingerprint density at radius 2 is 1.93 bits per heavy atom. The van der Waals surface area contributed by atoms with Gasteiger partial charge >= 0.3 is 5.69 Å².